The molecule has 0 saturated carbocycles. The highest BCUT2D eigenvalue weighted by atomic mass is 32.1. The van der Waals surface area contributed by atoms with Crippen molar-refractivity contribution in [1.82, 2.24) is 4.57 Å². The van der Waals surface area contributed by atoms with Crippen molar-refractivity contribution < 1.29 is 9.52 Å². The average molecular weight is 489 g/mol. The smallest absolute Gasteiger partial charge is 0.270 e. The molecule has 1 heterocycles. The molecule has 4 nitrogen and oxygen atoms in total. The lowest BCUT2D eigenvalue weighted by Crippen LogP contribution is -2.20. The van der Waals surface area contributed by atoms with Gasteiger partial charge in [0.1, 0.15) is 5.75 Å². The number of phenols is 1. The fourth-order valence-electron chi connectivity index (χ4n) is 4.63. The molecule has 0 aliphatic heterocycles. The molecule has 4 aromatic rings. The van der Waals surface area contributed by atoms with Crippen molar-refractivity contribution in [3.63, 3.8) is 0 Å². The lowest BCUT2D eigenvalue weighted by molar-refractivity contribution is 0.422. The van der Waals surface area contributed by atoms with E-state index in [1.54, 1.807) is 0 Å². The standard InChI is InChI=1S/C30H36N2O2S/c1-29(2,3)22-17-20(18-23(27(22)33)30(4,5)6)26(19-13-15-21(16-14-19)31(7)8)32-24-11-9-10-12-25(24)34-28(32)35/h9-18,26,33H,1-8H3. The second-order valence-electron chi connectivity index (χ2n) is 11.6. The molecule has 0 amide bonds. The van der Waals surface area contributed by atoms with Crippen LogP contribution in [0.3, 0.4) is 0 Å². The molecule has 5 heteroatoms. The Bertz CT molecular complexity index is 1380. The van der Waals surface area contributed by atoms with E-state index in [4.69, 9.17) is 16.6 Å². The summed E-state index contributed by atoms with van der Waals surface area (Å²) < 4.78 is 8.12. The number of oxazole rings is 1. The van der Waals surface area contributed by atoms with Gasteiger partial charge in [0.15, 0.2) is 5.58 Å². The van der Waals surface area contributed by atoms with E-state index >= 15 is 0 Å². The maximum absolute atomic E-state index is 11.3. The van der Waals surface area contributed by atoms with E-state index in [1.165, 1.54) is 0 Å². The lowest BCUT2D eigenvalue weighted by Gasteiger charge is -2.30. The van der Waals surface area contributed by atoms with Crippen LogP contribution in [0.15, 0.2) is 65.1 Å². The SMILES string of the molecule is CN(C)c1ccc(C(c2cc(C(C)(C)C)c(O)c(C(C)(C)C)c2)n2c(=S)oc3ccccc32)cc1. The van der Waals surface area contributed by atoms with Crippen LogP contribution in [0.4, 0.5) is 5.69 Å². The summed E-state index contributed by atoms with van der Waals surface area (Å²) >= 11 is 5.77. The molecule has 1 atom stereocenters. The third-order valence-corrected chi connectivity index (χ3v) is 6.85. The Morgan fingerprint density at radius 2 is 1.37 bits per heavy atom. The van der Waals surface area contributed by atoms with Crippen LogP contribution < -0.4 is 4.90 Å². The van der Waals surface area contributed by atoms with Gasteiger partial charge in [-0.05, 0) is 81.7 Å². The Kier molecular flexibility index (Phi) is 6.35. The summed E-state index contributed by atoms with van der Waals surface area (Å²) in [5.74, 6) is 0.371. The van der Waals surface area contributed by atoms with Crippen molar-refractivity contribution in [1.29, 1.82) is 0 Å². The number of rotatable bonds is 4. The van der Waals surface area contributed by atoms with E-state index in [-0.39, 0.29) is 16.9 Å². The molecular weight excluding hydrogens is 452 g/mol. The van der Waals surface area contributed by atoms with E-state index in [2.05, 4.69) is 87.4 Å². The van der Waals surface area contributed by atoms with Crippen LogP contribution in [-0.4, -0.2) is 23.8 Å². The number of hydrogen-bond donors (Lipinski definition) is 1. The third-order valence-electron chi connectivity index (χ3n) is 6.57. The molecule has 0 fully saturated rings. The summed E-state index contributed by atoms with van der Waals surface area (Å²) in [6, 6.07) is 20.6. The summed E-state index contributed by atoms with van der Waals surface area (Å²) in [6.07, 6.45) is 0. The number of phenolic OH excluding ortho intramolecular Hbond substituents is 1. The highest BCUT2D eigenvalue weighted by Crippen LogP contribution is 2.43. The molecule has 1 N–H and O–H groups in total. The first-order valence-corrected chi connectivity index (χ1v) is 12.4. The van der Waals surface area contributed by atoms with Crippen molar-refractivity contribution in [3.05, 3.63) is 87.8 Å². The first-order chi connectivity index (χ1) is 16.3. The molecule has 35 heavy (non-hydrogen) atoms. The molecule has 1 unspecified atom stereocenters. The molecular formula is C30H36N2O2S. The van der Waals surface area contributed by atoms with Gasteiger partial charge in [-0.1, -0.05) is 65.8 Å². The van der Waals surface area contributed by atoms with Crippen molar-refractivity contribution >= 4 is 29.0 Å². The van der Waals surface area contributed by atoms with E-state index in [1.807, 2.05) is 38.4 Å². The Labute approximate surface area is 213 Å². The molecule has 0 saturated heterocycles. The molecule has 0 aliphatic carbocycles. The summed E-state index contributed by atoms with van der Waals surface area (Å²) in [4.78, 5) is 2.52. The fraction of sp³-hybridized carbons (Fsp3) is 0.367. The highest BCUT2D eigenvalue weighted by Gasteiger charge is 2.30. The van der Waals surface area contributed by atoms with Crippen molar-refractivity contribution in [2.45, 2.75) is 58.4 Å². The van der Waals surface area contributed by atoms with Crippen LogP contribution >= 0.6 is 12.2 Å². The van der Waals surface area contributed by atoms with Gasteiger partial charge in [0.2, 0.25) is 0 Å². The van der Waals surface area contributed by atoms with Gasteiger partial charge in [-0.2, -0.15) is 0 Å². The first kappa shape index (κ1) is 25.1. The molecule has 1 aromatic heterocycles. The van der Waals surface area contributed by atoms with Gasteiger partial charge in [0.25, 0.3) is 4.84 Å². The predicted octanol–water partition coefficient (Wildman–Crippen LogP) is 7.97. The predicted molar refractivity (Wildman–Crippen MR) is 149 cm³/mol. The number of aromatic hydroxyl groups is 1. The minimum Gasteiger partial charge on any atom is -0.507 e. The number of para-hydroxylation sites is 2. The average Bonchev–Trinajstić information content (AvgIpc) is 3.09. The van der Waals surface area contributed by atoms with Gasteiger partial charge >= 0.3 is 0 Å². The monoisotopic (exact) mass is 488 g/mol. The van der Waals surface area contributed by atoms with Gasteiger partial charge in [-0.3, -0.25) is 4.57 Å². The topological polar surface area (TPSA) is 41.5 Å². The summed E-state index contributed by atoms with van der Waals surface area (Å²) in [7, 11) is 4.08. The van der Waals surface area contributed by atoms with Crippen LogP contribution in [0.25, 0.3) is 11.1 Å². The molecule has 184 valence electrons. The van der Waals surface area contributed by atoms with E-state index in [0.29, 0.717) is 10.6 Å². The number of aromatic nitrogens is 1. The first-order valence-electron chi connectivity index (χ1n) is 12.0. The Balaban J connectivity index is 2.08. The normalized spacial score (nSPS) is 13.3. The Morgan fingerprint density at radius 3 is 1.89 bits per heavy atom. The van der Waals surface area contributed by atoms with Gasteiger partial charge in [-0.15, -0.1) is 0 Å². The molecule has 0 aliphatic rings. The van der Waals surface area contributed by atoms with Gasteiger partial charge in [-0.25, -0.2) is 0 Å². The van der Waals surface area contributed by atoms with Crippen LogP contribution in [0.5, 0.6) is 5.75 Å². The number of hydrogen-bond acceptors (Lipinski definition) is 4. The Hall–Kier alpha value is -3.05. The van der Waals surface area contributed by atoms with Crippen molar-refractivity contribution in [2.24, 2.45) is 0 Å². The van der Waals surface area contributed by atoms with Gasteiger partial charge in [0, 0.05) is 19.8 Å². The zero-order valence-electron chi connectivity index (χ0n) is 22.0. The largest absolute Gasteiger partial charge is 0.507 e. The number of fused-ring (bicyclic) bond motifs is 1. The summed E-state index contributed by atoms with van der Waals surface area (Å²) in [5.41, 5.74) is 6.38. The molecule has 0 bridgehead atoms. The molecule has 0 radical (unpaired) electrons. The quantitative estimate of drug-likeness (QED) is 0.296. The van der Waals surface area contributed by atoms with Gasteiger partial charge in [0.05, 0.1) is 11.6 Å². The van der Waals surface area contributed by atoms with E-state index in [0.717, 1.165) is 39.0 Å². The maximum atomic E-state index is 11.3. The molecule has 0 spiro atoms. The molecule has 4 rings (SSSR count). The minimum absolute atomic E-state index is 0.217. The van der Waals surface area contributed by atoms with E-state index < -0.39 is 0 Å². The van der Waals surface area contributed by atoms with E-state index in [9.17, 15) is 5.11 Å². The summed E-state index contributed by atoms with van der Waals surface area (Å²) in [5, 5.41) is 11.3. The second-order valence-corrected chi connectivity index (χ2v) is 11.9. The lowest BCUT2D eigenvalue weighted by atomic mass is 9.77. The zero-order valence-corrected chi connectivity index (χ0v) is 22.8. The van der Waals surface area contributed by atoms with Crippen LogP contribution in [-0.2, 0) is 10.8 Å². The minimum atomic E-state index is -0.237. The highest BCUT2D eigenvalue weighted by molar-refractivity contribution is 7.71. The van der Waals surface area contributed by atoms with Crippen LogP contribution in [0, 0.1) is 4.84 Å². The van der Waals surface area contributed by atoms with Crippen molar-refractivity contribution in [2.75, 3.05) is 19.0 Å². The van der Waals surface area contributed by atoms with Gasteiger partial charge < -0.3 is 14.4 Å². The van der Waals surface area contributed by atoms with Crippen molar-refractivity contribution in [3.8, 4) is 5.75 Å². The van der Waals surface area contributed by atoms with Crippen LogP contribution in [0.2, 0.25) is 0 Å². The second kappa shape index (κ2) is 8.87. The number of anilines is 1. The Morgan fingerprint density at radius 1 is 0.829 bits per heavy atom. The third kappa shape index (κ3) is 4.74. The number of nitrogens with zero attached hydrogens (tertiary/aromatic N) is 2. The summed E-state index contributed by atoms with van der Waals surface area (Å²) in [6.45, 7) is 12.8. The zero-order chi connectivity index (χ0) is 25.7. The molecule has 3 aromatic carbocycles. The maximum Gasteiger partial charge on any atom is 0.270 e. The number of benzene rings is 3. The van der Waals surface area contributed by atoms with Crippen LogP contribution in [0.1, 0.15) is 69.8 Å². The fourth-order valence-corrected chi connectivity index (χ4v) is 4.93.